The van der Waals surface area contributed by atoms with Crippen molar-refractivity contribution in [1.29, 1.82) is 0 Å². The highest BCUT2D eigenvalue weighted by Crippen LogP contribution is 2.06. The Morgan fingerprint density at radius 2 is 2.33 bits per heavy atom. The molecule has 0 saturated carbocycles. The zero-order chi connectivity index (χ0) is 9.14. The van der Waals surface area contributed by atoms with Gasteiger partial charge in [-0.1, -0.05) is 0 Å². The molecule has 0 radical (unpaired) electrons. The van der Waals surface area contributed by atoms with E-state index >= 15 is 0 Å². The van der Waals surface area contributed by atoms with Crippen LogP contribution in [0.3, 0.4) is 0 Å². The number of carbonyl (C=O) groups is 1. The van der Waals surface area contributed by atoms with Crippen LogP contribution in [0.1, 0.15) is 15.6 Å². The Bertz CT molecular complexity index is 286. The molecule has 0 bridgehead atoms. The molecule has 0 unspecified atom stereocenters. The van der Waals surface area contributed by atoms with E-state index in [-0.39, 0.29) is 5.91 Å². The third kappa shape index (κ3) is 1.77. The number of hydrogen-bond donors (Lipinski definition) is 0. The van der Waals surface area contributed by atoms with Gasteiger partial charge >= 0.3 is 5.91 Å². The van der Waals surface area contributed by atoms with Gasteiger partial charge in [0, 0.05) is 7.05 Å². The first kappa shape index (κ1) is 9.08. The largest absolute Gasteiger partial charge is 0.307 e. The summed E-state index contributed by atoms with van der Waals surface area (Å²) in [4.78, 5) is 19.9. The van der Waals surface area contributed by atoms with Crippen molar-refractivity contribution >= 4 is 17.4 Å². The van der Waals surface area contributed by atoms with Crippen LogP contribution in [0.4, 0.5) is 0 Å². The second-order valence-electron chi connectivity index (χ2n) is 2.13. The highest BCUT2D eigenvalue weighted by atomic mass is 32.1. The van der Waals surface area contributed by atoms with Crippen LogP contribution in [0.15, 0.2) is 0 Å². The molecule has 0 N–H and O–H groups in total. The van der Waals surface area contributed by atoms with Crippen molar-refractivity contribution in [2.45, 2.75) is 6.92 Å². The maximum atomic E-state index is 11.3. The average Bonchev–Trinajstić information content (AvgIpc) is 2.49. The van der Waals surface area contributed by atoms with Gasteiger partial charge in [-0.05, 0) is 18.5 Å². The summed E-state index contributed by atoms with van der Waals surface area (Å²) >= 11 is 1.07. The van der Waals surface area contributed by atoms with Gasteiger partial charge in [-0.3, -0.25) is 9.63 Å². The summed E-state index contributed by atoms with van der Waals surface area (Å²) in [5.74, 6) is 0.330. The first-order chi connectivity index (χ1) is 5.65. The molecule has 0 aliphatic carbocycles. The van der Waals surface area contributed by atoms with Crippen LogP contribution >= 0.6 is 11.5 Å². The Kier molecular flexibility index (Phi) is 2.72. The number of aromatic nitrogens is 2. The third-order valence-corrected chi connectivity index (χ3v) is 2.06. The quantitative estimate of drug-likeness (QED) is 0.632. The van der Waals surface area contributed by atoms with Crippen LogP contribution in [-0.4, -0.2) is 34.5 Å². The van der Waals surface area contributed by atoms with Crippen LogP contribution in [-0.2, 0) is 4.84 Å². The number of nitrogens with zero attached hydrogens (tertiary/aromatic N) is 3. The molecule has 1 aromatic heterocycles. The number of amides is 1. The summed E-state index contributed by atoms with van der Waals surface area (Å²) in [6.45, 7) is 1.74. The highest BCUT2D eigenvalue weighted by molar-refractivity contribution is 7.07. The van der Waals surface area contributed by atoms with Crippen molar-refractivity contribution in [3.63, 3.8) is 0 Å². The minimum atomic E-state index is -0.275. The van der Waals surface area contributed by atoms with Crippen molar-refractivity contribution in [1.82, 2.24) is 14.4 Å². The number of hydrogen-bond acceptors (Lipinski definition) is 5. The molecule has 0 atom stereocenters. The zero-order valence-electron chi connectivity index (χ0n) is 7.07. The van der Waals surface area contributed by atoms with Crippen molar-refractivity contribution in [2.24, 2.45) is 0 Å². The van der Waals surface area contributed by atoms with Crippen LogP contribution in [0.25, 0.3) is 0 Å². The van der Waals surface area contributed by atoms with Crippen molar-refractivity contribution in [3.05, 3.63) is 10.8 Å². The van der Waals surface area contributed by atoms with E-state index in [1.165, 1.54) is 14.2 Å². The van der Waals surface area contributed by atoms with Gasteiger partial charge < -0.3 is 0 Å². The minimum Gasteiger partial charge on any atom is -0.274 e. The summed E-state index contributed by atoms with van der Waals surface area (Å²) in [5, 5.41) is 1.46. The Labute approximate surface area is 74.1 Å². The van der Waals surface area contributed by atoms with Gasteiger partial charge in [0.25, 0.3) is 0 Å². The van der Waals surface area contributed by atoms with E-state index in [9.17, 15) is 4.79 Å². The molecule has 0 saturated heterocycles. The summed E-state index contributed by atoms with van der Waals surface area (Å²) in [6, 6.07) is 0. The van der Waals surface area contributed by atoms with E-state index in [4.69, 9.17) is 4.84 Å². The Morgan fingerprint density at radius 3 is 2.75 bits per heavy atom. The molecule has 6 heteroatoms. The summed E-state index contributed by atoms with van der Waals surface area (Å²) in [6.07, 6.45) is 0. The molecule has 0 aliphatic rings. The molecule has 1 rings (SSSR count). The van der Waals surface area contributed by atoms with E-state index in [2.05, 4.69) is 9.36 Å². The molecule has 1 heterocycles. The molecule has 5 nitrogen and oxygen atoms in total. The Hall–Kier alpha value is -1.01. The van der Waals surface area contributed by atoms with Crippen molar-refractivity contribution in [3.8, 4) is 0 Å². The van der Waals surface area contributed by atoms with Crippen molar-refractivity contribution in [2.75, 3.05) is 14.2 Å². The fourth-order valence-corrected chi connectivity index (χ4v) is 1.24. The average molecular weight is 187 g/mol. The van der Waals surface area contributed by atoms with Gasteiger partial charge in [-0.15, -0.1) is 0 Å². The zero-order valence-corrected chi connectivity index (χ0v) is 7.88. The molecule has 0 aliphatic heterocycles. The van der Waals surface area contributed by atoms with Crippen LogP contribution < -0.4 is 0 Å². The van der Waals surface area contributed by atoms with Gasteiger partial charge in [0.2, 0.25) is 5.01 Å². The fraction of sp³-hybridized carbons (Fsp3) is 0.500. The Balaban J connectivity index is 2.78. The van der Waals surface area contributed by atoms with Gasteiger partial charge in [0.1, 0.15) is 5.82 Å². The van der Waals surface area contributed by atoms with E-state index in [1.54, 1.807) is 6.92 Å². The molecular formula is C6H9N3O2S. The normalized spacial score (nSPS) is 9.92. The van der Waals surface area contributed by atoms with Crippen LogP contribution in [0, 0.1) is 6.92 Å². The summed E-state index contributed by atoms with van der Waals surface area (Å²) < 4.78 is 3.88. The number of hydroxylamine groups is 2. The summed E-state index contributed by atoms with van der Waals surface area (Å²) in [7, 11) is 2.95. The van der Waals surface area contributed by atoms with Crippen molar-refractivity contribution < 1.29 is 9.63 Å². The highest BCUT2D eigenvalue weighted by Gasteiger charge is 2.15. The predicted octanol–water partition coefficient (Wildman–Crippen LogP) is 0.480. The molecule has 0 spiro atoms. The lowest BCUT2D eigenvalue weighted by molar-refractivity contribution is -0.0757. The molecule has 1 amide bonds. The lowest BCUT2D eigenvalue weighted by Crippen LogP contribution is -2.25. The first-order valence-electron chi connectivity index (χ1n) is 3.27. The van der Waals surface area contributed by atoms with Crippen LogP contribution in [0.2, 0.25) is 0 Å². The molecule has 0 fully saturated rings. The summed E-state index contributed by atoms with van der Waals surface area (Å²) in [5.41, 5.74) is 0. The van der Waals surface area contributed by atoms with E-state index < -0.39 is 0 Å². The molecule has 1 aromatic rings. The second-order valence-corrected chi connectivity index (χ2v) is 2.88. The number of aryl methyl sites for hydroxylation is 1. The van der Waals surface area contributed by atoms with E-state index in [0.717, 1.165) is 16.6 Å². The lowest BCUT2D eigenvalue weighted by atomic mass is 10.6. The monoisotopic (exact) mass is 187 g/mol. The molecule has 0 aromatic carbocycles. The second kappa shape index (κ2) is 3.59. The van der Waals surface area contributed by atoms with E-state index in [1.807, 2.05) is 0 Å². The molecular weight excluding hydrogens is 178 g/mol. The predicted molar refractivity (Wildman–Crippen MR) is 43.7 cm³/mol. The van der Waals surface area contributed by atoms with Gasteiger partial charge in [0.15, 0.2) is 0 Å². The standard InChI is InChI=1S/C6H9N3O2S/c1-4-7-5(12-8-4)6(10)9(2)11-3/h1-3H3. The molecule has 12 heavy (non-hydrogen) atoms. The Morgan fingerprint density at radius 1 is 1.67 bits per heavy atom. The third-order valence-electron chi connectivity index (χ3n) is 1.27. The lowest BCUT2D eigenvalue weighted by Gasteiger charge is -2.10. The number of rotatable bonds is 2. The van der Waals surface area contributed by atoms with E-state index in [0.29, 0.717) is 10.8 Å². The minimum absolute atomic E-state index is 0.275. The first-order valence-corrected chi connectivity index (χ1v) is 4.05. The van der Waals surface area contributed by atoms with Gasteiger partial charge in [0.05, 0.1) is 7.11 Å². The van der Waals surface area contributed by atoms with Crippen LogP contribution in [0.5, 0.6) is 0 Å². The topological polar surface area (TPSA) is 55.3 Å². The number of carbonyl (C=O) groups excluding carboxylic acids is 1. The maximum Gasteiger partial charge on any atom is 0.307 e. The van der Waals surface area contributed by atoms with Gasteiger partial charge in [-0.2, -0.15) is 4.37 Å². The SMILES string of the molecule is CON(C)C(=O)c1nc(C)ns1. The maximum absolute atomic E-state index is 11.3. The fourth-order valence-electron chi connectivity index (χ4n) is 0.602. The van der Waals surface area contributed by atoms with Gasteiger partial charge in [-0.25, -0.2) is 10.0 Å². The molecule has 66 valence electrons. The smallest absolute Gasteiger partial charge is 0.274 e.